The van der Waals surface area contributed by atoms with E-state index < -0.39 is 15.9 Å². The van der Waals surface area contributed by atoms with E-state index in [2.05, 4.69) is 5.32 Å². The Morgan fingerprint density at radius 1 is 0.935 bits per heavy atom. The Kier molecular flexibility index (Phi) is 7.15. The molecule has 0 radical (unpaired) electrons. The topological polar surface area (TPSA) is 66.5 Å². The van der Waals surface area contributed by atoms with E-state index in [1.807, 2.05) is 50.2 Å². The Morgan fingerprint density at radius 3 is 2.29 bits per heavy atom. The predicted octanol–water partition coefficient (Wildman–Crippen LogP) is 5.09. The minimum atomic E-state index is -3.91. The summed E-state index contributed by atoms with van der Waals surface area (Å²) in [4.78, 5) is 13.0. The third-order valence-electron chi connectivity index (χ3n) is 4.94. The number of nitrogens with one attached hydrogen (secondary N) is 1. The number of carbonyl (C=O) groups is 1. The molecule has 3 aromatic carbocycles. The van der Waals surface area contributed by atoms with Crippen molar-refractivity contribution in [1.82, 2.24) is 4.31 Å². The Hall–Kier alpha value is -2.67. The van der Waals surface area contributed by atoms with Gasteiger partial charge >= 0.3 is 0 Å². The number of hydrogen-bond donors (Lipinski definition) is 1. The molecule has 162 valence electrons. The van der Waals surface area contributed by atoms with Crippen molar-refractivity contribution >= 4 is 33.2 Å². The molecular weight excluding hydrogens is 432 g/mol. The standard InChI is InChI=1S/C24H25ClN2O3S/c1-17-9-10-19(3)23(13-17)31(29,30)27(15-20-7-5-4-6-8-20)16-24(28)26-21-12-11-18(2)22(25)14-21/h4-14H,15-16H2,1-3H3,(H,26,28). The highest BCUT2D eigenvalue weighted by molar-refractivity contribution is 7.89. The molecule has 0 aliphatic heterocycles. The molecule has 0 saturated heterocycles. The SMILES string of the molecule is Cc1ccc(C)c(S(=O)(=O)N(CC(=O)Nc2ccc(C)c(Cl)c2)Cc2ccccc2)c1. The number of halogens is 1. The number of carbonyl (C=O) groups excluding carboxylic acids is 1. The van der Waals surface area contributed by atoms with E-state index in [-0.39, 0.29) is 18.0 Å². The zero-order chi connectivity index (χ0) is 22.6. The molecule has 1 N–H and O–H groups in total. The van der Waals surface area contributed by atoms with Gasteiger partial charge in [0.05, 0.1) is 11.4 Å². The summed E-state index contributed by atoms with van der Waals surface area (Å²) in [6.45, 7) is 5.22. The van der Waals surface area contributed by atoms with Crippen LogP contribution in [0.4, 0.5) is 5.69 Å². The van der Waals surface area contributed by atoms with Crippen molar-refractivity contribution in [3.63, 3.8) is 0 Å². The normalized spacial score (nSPS) is 11.5. The molecule has 0 atom stereocenters. The smallest absolute Gasteiger partial charge is 0.244 e. The van der Waals surface area contributed by atoms with E-state index in [9.17, 15) is 13.2 Å². The molecule has 3 rings (SSSR count). The summed E-state index contributed by atoms with van der Waals surface area (Å²) < 4.78 is 28.2. The van der Waals surface area contributed by atoms with Gasteiger partial charge in [0.25, 0.3) is 0 Å². The molecule has 0 saturated carbocycles. The van der Waals surface area contributed by atoms with Crippen molar-refractivity contribution in [2.24, 2.45) is 0 Å². The quantitative estimate of drug-likeness (QED) is 0.538. The molecule has 5 nitrogen and oxygen atoms in total. The third-order valence-corrected chi connectivity index (χ3v) is 7.28. The second-order valence-electron chi connectivity index (χ2n) is 7.54. The number of sulfonamides is 1. The summed E-state index contributed by atoms with van der Waals surface area (Å²) in [6, 6.07) is 19.7. The molecule has 0 unspecified atom stereocenters. The van der Waals surface area contributed by atoms with Crippen LogP contribution in [0.3, 0.4) is 0 Å². The first-order valence-corrected chi connectivity index (χ1v) is 11.7. The summed E-state index contributed by atoms with van der Waals surface area (Å²) >= 11 is 6.14. The monoisotopic (exact) mass is 456 g/mol. The maximum Gasteiger partial charge on any atom is 0.244 e. The van der Waals surface area contributed by atoms with Gasteiger partial charge in [-0.05, 0) is 61.2 Å². The molecular formula is C24H25ClN2O3S. The Labute approximate surface area is 188 Å². The van der Waals surface area contributed by atoms with Crippen LogP contribution in [0, 0.1) is 20.8 Å². The summed E-state index contributed by atoms with van der Waals surface area (Å²) in [5.41, 5.74) is 3.67. The van der Waals surface area contributed by atoms with Gasteiger partial charge in [-0.15, -0.1) is 0 Å². The van der Waals surface area contributed by atoms with Crippen molar-refractivity contribution in [3.8, 4) is 0 Å². The third kappa shape index (κ3) is 5.73. The van der Waals surface area contributed by atoms with Crippen LogP contribution >= 0.6 is 11.6 Å². The van der Waals surface area contributed by atoms with Gasteiger partial charge < -0.3 is 5.32 Å². The van der Waals surface area contributed by atoms with Crippen molar-refractivity contribution in [3.05, 3.63) is 94.0 Å². The summed E-state index contributed by atoms with van der Waals surface area (Å²) in [5, 5.41) is 3.28. The maximum absolute atomic E-state index is 13.5. The van der Waals surface area contributed by atoms with Crippen LogP contribution in [-0.2, 0) is 21.4 Å². The minimum absolute atomic E-state index is 0.0820. The fraction of sp³-hybridized carbons (Fsp3) is 0.208. The van der Waals surface area contributed by atoms with Crippen LogP contribution in [0.5, 0.6) is 0 Å². The number of amides is 1. The lowest BCUT2D eigenvalue weighted by molar-refractivity contribution is -0.116. The van der Waals surface area contributed by atoms with Gasteiger partial charge in [-0.25, -0.2) is 8.42 Å². The van der Waals surface area contributed by atoms with Gasteiger partial charge in [0.15, 0.2) is 0 Å². The lowest BCUT2D eigenvalue weighted by atomic mass is 10.2. The van der Waals surface area contributed by atoms with Crippen molar-refractivity contribution in [2.75, 3.05) is 11.9 Å². The highest BCUT2D eigenvalue weighted by Gasteiger charge is 2.28. The molecule has 0 spiro atoms. The van der Waals surface area contributed by atoms with Gasteiger partial charge in [0.2, 0.25) is 15.9 Å². The van der Waals surface area contributed by atoms with Crippen LogP contribution in [0.25, 0.3) is 0 Å². The van der Waals surface area contributed by atoms with Crippen LogP contribution in [-0.4, -0.2) is 25.2 Å². The Balaban J connectivity index is 1.91. The first-order chi connectivity index (χ1) is 14.7. The zero-order valence-electron chi connectivity index (χ0n) is 17.7. The average molecular weight is 457 g/mol. The molecule has 0 heterocycles. The number of anilines is 1. The molecule has 31 heavy (non-hydrogen) atoms. The number of rotatable bonds is 7. The van der Waals surface area contributed by atoms with Crippen LogP contribution < -0.4 is 5.32 Å². The van der Waals surface area contributed by atoms with Crippen LogP contribution in [0.15, 0.2) is 71.6 Å². The second-order valence-corrected chi connectivity index (χ2v) is 9.85. The molecule has 0 aromatic heterocycles. The van der Waals surface area contributed by atoms with E-state index in [0.29, 0.717) is 16.3 Å². The Morgan fingerprint density at radius 2 is 1.61 bits per heavy atom. The zero-order valence-corrected chi connectivity index (χ0v) is 19.3. The van der Waals surface area contributed by atoms with E-state index >= 15 is 0 Å². The van der Waals surface area contributed by atoms with Crippen LogP contribution in [0.2, 0.25) is 5.02 Å². The fourth-order valence-corrected chi connectivity index (χ4v) is 5.04. The van der Waals surface area contributed by atoms with E-state index in [1.54, 1.807) is 37.3 Å². The summed E-state index contributed by atoms with van der Waals surface area (Å²) in [5.74, 6) is -0.440. The highest BCUT2D eigenvalue weighted by Crippen LogP contribution is 2.24. The molecule has 0 aliphatic rings. The maximum atomic E-state index is 13.5. The van der Waals surface area contributed by atoms with Crippen molar-refractivity contribution in [1.29, 1.82) is 0 Å². The molecule has 0 bridgehead atoms. The largest absolute Gasteiger partial charge is 0.325 e. The lowest BCUT2D eigenvalue weighted by Gasteiger charge is -2.23. The lowest BCUT2D eigenvalue weighted by Crippen LogP contribution is -2.38. The molecule has 0 aliphatic carbocycles. The van der Waals surface area contributed by atoms with Gasteiger partial charge in [0, 0.05) is 17.3 Å². The van der Waals surface area contributed by atoms with Gasteiger partial charge in [-0.3, -0.25) is 4.79 Å². The van der Waals surface area contributed by atoms with Crippen molar-refractivity contribution in [2.45, 2.75) is 32.2 Å². The number of hydrogen-bond acceptors (Lipinski definition) is 3. The fourth-order valence-electron chi connectivity index (χ4n) is 3.17. The van der Waals surface area contributed by atoms with E-state index in [4.69, 9.17) is 11.6 Å². The number of aryl methyl sites for hydroxylation is 3. The second kappa shape index (κ2) is 9.64. The number of benzene rings is 3. The van der Waals surface area contributed by atoms with Gasteiger partial charge in [-0.1, -0.05) is 60.1 Å². The van der Waals surface area contributed by atoms with Gasteiger partial charge in [-0.2, -0.15) is 4.31 Å². The molecule has 3 aromatic rings. The minimum Gasteiger partial charge on any atom is -0.325 e. The van der Waals surface area contributed by atoms with E-state index in [1.165, 1.54) is 4.31 Å². The first kappa shape index (κ1) is 23.0. The molecule has 0 fully saturated rings. The van der Waals surface area contributed by atoms with Crippen molar-refractivity contribution < 1.29 is 13.2 Å². The van der Waals surface area contributed by atoms with E-state index in [0.717, 1.165) is 16.7 Å². The summed E-state index contributed by atoms with van der Waals surface area (Å²) in [6.07, 6.45) is 0. The summed E-state index contributed by atoms with van der Waals surface area (Å²) in [7, 11) is -3.91. The Bertz CT molecular complexity index is 1190. The predicted molar refractivity (Wildman–Crippen MR) is 125 cm³/mol. The number of nitrogens with zero attached hydrogens (tertiary/aromatic N) is 1. The molecule has 1 amide bonds. The average Bonchev–Trinajstić information content (AvgIpc) is 2.72. The highest BCUT2D eigenvalue weighted by atomic mass is 35.5. The first-order valence-electron chi connectivity index (χ1n) is 9.84. The van der Waals surface area contributed by atoms with Gasteiger partial charge in [0.1, 0.15) is 0 Å². The van der Waals surface area contributed by atoms with Crippen LogP contribution in [0.1, 0.15) is 22.3 Å². The molecule has 7 heteroatoms.